The summed E-state index contributed by atoms with van der Waals surface area (Å²) in [5.41, 5.74) is -1.44. The van der Waals surface area contributed by atoms with Crippen LogP contribution in [0.5, 0.6) is 0 Å². The molecule has 0 aromatic rings. The molecule has 4 N–H and O–H groups in total. The minimum atomic E-state index is -1.44. The average molecular weight is 260 g/mol. The van der Waals surface area contributed by atoms with Crippen LogP contribution in [0.1, 0.15) is 40.5 Å². The van der Waals surface area contributed by atoms with E-state index in [9.17, 15) is 14.7 Å². The lowest BCUT2D eigenvalue weighted by atomic mass is 10.0. The molecule has 0 saturated carbocycles. The van der Waals surface area contributed by atoms with Gasteiger partial charge in [0.2, 0.25) is 0 Å². The second-order valence-electron chi connectivity index (χ2n) is 5.43. The normalized spacial score (nSPS) is 15.9. The number of carbonyl (C=O) groups is 2. The number of amides is 2. The predicted octanol–water partition coefficient (Wildman–Crippen LogP) is 0.946. The summed E-state index contributed by atoms with van der Waals surface area (Å²) in [5.74, 6) is -0.620. The van der Waals surface area contributed by atoms with Gasteiger partial charge in [0.05, 0.1) is 12.0 Å². The summed E-state index contributed by atoms with van der Waals surface area (Å²) in [7, 11) is 0. The van der Waals surface area contributed by atoms with Crippen molar-refractivity contribution in [2.24, 2.45) is 5.92 Å². The van der Waals surface area contributed by atoms with Crippen molar-refractivity contribution in [3.05, 3.63) is 0 Å². The number of carbonyl (C=O) groups excluding carboxylic acids is 1. The van der Waals surface area contributed by atoms with E-state index in [1.54, 1.807) is 0 Å². The lowest BCUT2D eigenvalue weighted by molar-refractivity contribution is -0.141. The van der Waals surface area contributed by atoms with Gasteiger partial charge in [-0.05, 0) is 26.2 Å². The maximum absolute atomic E-state index is 11.5. The highest BCUT2D eigenvalue weighted by Crippen LogP contribution is 2.07. The molecule has 0 heterocycles. The molecule has 0 aromatic carbocycles. The maximum atomic E-state index is 11.5. The molecule has 0 rings (SSSR count). The van der Waals surface area contributed by atoms with Gasteiger partial charge < -0.3 is 20.8 Å². The molecule has 106 valence electrons. The Balaban J connectivity index is 3.99. The molecule has 2 atom stereocenters. The van der Waals surface area contributed by atoms with E-state index >= 15 is 0 Å². The zero-order valence-electron chi connectivity index (χ0n) is 11.5. The van der Waals surface area contributed by atoms with Gasteiger partial charge >= 0.3 is 12.0 Å². The fraction of sp³-hybridized carbons (Fsp3) is 0.833. The smallest absolute Gasteiger partial charge is 0.315 e. The summed E-state index contributed by atoms with van der Waals surface area (Å²) in [5, 5.41) is 23.5. The molecule has 0 radical (unpaired) electrons. The zero-order valence-corrected chi connectivity index (χ0v) is 11.5. The third-order valence-corrected chi connectivity index (χ3v) is 2.36. The second-order valence-corrected chi connectivity index (χ2v) is 5.43. The largest absolute Gasteiger partial charge is 0.481 e. The lowest BCUT2D eigenvalue weighted by Gasteiger charge is -2.23. The van der Waals surface area contributed by atoms with Crippen LogP contribution in [0.25, 0.3) is 0 Å². The van der Waals surface area contributed by atoms with Crippen molar-refractivity contribution < 1.29 is 19.8 Å². The second kappa shape index (κ2) is 7.20. The van der Waals surface area contributed by atoms with Crippen molar-refractivity contribution in [1.29, 1.82) is 0 Å². The Morgan fingerprint density at radius 3 is 2.28 bits per heavy atom. The molecule has 0 aromatic heterocycles. The van der Waals surface area contributed by atoms with Gasteiger partial charge in [-0.15, -0.1) is 0 Å². The molecule has 0 saturated heterocycles. The summed E-state index contributed by atoms with van der Waals surface area (Å²) in [6, 6.07) is -0.358. The van der Waals surface area contributed by atoms with Crippen LogP contribution >= 0.6 is 0 Å². The van der Waals surface area contributed by atoms with E-state index in [-0.39, 0.29) is 12.6 Å². The van der Waals surface area contributed by atoms with Gasteiger partial charge in [0.1, 0.15) is 0 Å². The van der Waals surface area contributed by atoms with Crippen molar-refractivity contribution in [2.75, 3.05) is 6.54 Å². The van der Waals surface area contributed by atoms with Gasteiger partial charge in [-0.1, -0.05) is 13.8 Å². The molecular weight excluding hydrogens is 236 g/mol. The molecule has 0 aliphatic heterocycles. The molecule has 2 amide bonds. The first-order valence-electron chi connectivity index (χ1n) is 6.11. The SMILES string of the molecule is CC(C)CC(C)NC(=O)NCC(C)(O)CC(=O)O. The van der Waals surface area contributed by atoms with Crippen LogP contribution < -0.4 is 10.6 Å². The number of nitrogens with one attached hydrogen (secondary N) is 2. The van der Waals surface area contributed by atoms with Gasteiger partial charge in [-0.3, -0.25) is 4.79 Å². The Bertz CT molecular complexity index is 290. The van der Waals surface area contributed by atoms with Gasteiger partial charge in [0.25, 0.3) is 0 Å². The van der Waals surface area contributed by atoms with Crippen LogP contribution in [0.2, 0.25) is 0 Å². The molecular formula is C12H24N2O4. The van der Waals surface area contributed by atoms with Crippen molar-refractivity contribution in [1.82, 2.24) is 10.6 Å². The summed E-state index contributed by atoms with van der Waals surface area (Å²) >= 11 is 0. The van der Waals surface area contributed by atoms with Crippen LogP contribution in [0.15, 0.2) is 0 Å². The molecule has 6 heteroatoms. The highest BCUT2D eigenvalue weighted by Gasteiger charge is 2.24. The number of carboxylic acid groups (broad SMARTS) is 1. The first-order valence-corrected chi connectivity index (χ1v) is 6.11. The number of aliphatic hydroxyl groups is 1. The van der Waals surface area contributed by atoms with E-state index in [1.165, 1.54) is 6.92 Å². The quantitative estimate of drug-likeness (QED) is 0.547. The zero-order chi connectivity index (χ0) is 14.3. The van der Waals surface area contributed by atoms with Crippen molar-refractivity contribution in [2.45, 2.75) is 52.2 Å². The molecule has 0 fully saturated rings. The van der Waals surface area contributed by atoms with E-state index in [0.29, 0.717) is 5.92 Å². The molecule has 0 aliphatic carbocycles. The van der Waals surface area contributed by atoms with Crippen LogP contribution in [0.3, 0.4) is 0 Å². The summed E-state index contributed by atoms with van der Waals surface area (Å²) in [6.45, 7) is 7.30. The molecule has 2 unspecified atom stereocenters. The minimum absolute atomic E-state index is 0.0365. The number of carboxylic acids is 1. The highest BCUT2D eigenvalue weighted by atomic mass is 16.4. The molecule has 0 aliphatic rings. The van der Waals surface area contributed by atoms with E-state index in [1.807, 2.05) is 6.92 Å². The Morgan fingerprint density at radius 1 is 1.28 bits per heavy atom. The van der Waals surface area contributed by atoms with Gasteiger partial charge in [0.15, 0.2) is 0 Å². The Hall–Kier alpha value is -1.30. The molecule has 0 bridgehead atoms. The third-order valence-electron chi connectivity index (χ3n) is 2.36. The Morgan fingerprint density at radius 2 is 1.83 bits per heavy atom. The lowest BCUT2D eigenvalue weighted by Crippen LogP contribution is -2.48. The van der Waals surface area contributed by atoms with E-state index in [2.05, 4.69) is 24.5 Å². The first-order chi connectivity index (χ1) is 8.12. The summed E-state index contributed by atoms with van der Waals surface area (Å²) in [4.78, 5) is 22.0. The maximum Gasteiger partial charge on any atom is 0.315 e. The third kappa shape index (κ3) is 8.81. The fourth-order valence-electron chi connectivity index (χ4n) is 1.70. The Labute approximate surface area is 108 Å². The number of hydrogen-bond acceptors (Lipinski definition) is 3. The molecule has 0 spiro atoms. The van der Waals surface area contributed by atoms with Crippen LogP contribution in [0, 0.1) is 5.92 Å². The Kier molecular flexibility index (Phi) is 6.68. The van der Waals surface area contributed by atoms with Gasteiger partial charge in [-0.25, -0.2) is 4.79 Å². The number of aliphatic carboxylic acids is 1. The van der Waals surface area contributed by atoms with E-state index in [0.717, 1.165) is 6.42 Å². The first kappa shape index (κ1) is 16.7. The minimum Gasteiger partial charge on any atom is -0.481 e. The number of rotatable bonds is 7. The van der Waals surface area contributed by atoms with Crippen LogP contribution in [-0.2, 0) is 4.79 Å². The van der Waals surface area contributed by atoms with Gasteiger partial charge in [0, 0.05) is 12.6 Å². The predicted molar refractivity (Wildman–Crippen MR) is 68.3 cm³/mol. The summed E-state index contributed by atoms with van der Waals surface area (Å²) < 4.78 is 0. The standard InChI is InChI=1S/C12H24N2O4/c1-8(2)5-9(3)14-11(17)13-7-12(4,18)6-10(15)16/h8-9,18H,5-7H2,1-4H3,(H,15,16)(H2,13,14,17). The molecule has 6 nitrogen and oxygen atoms in total. The van der Waals surface area contributed by atoms with Gasteiger partial charge in [-0.2, -0.15) is 0 Å². The topological polar surface area (TPSA) is 98.7 Å². The average Bonchev–Trinajstić information content (AvgIpc) is 2.11. The van der Waals surface area contributed by atoms with Crippen molar-refractivity contribution >= 4 is 12.0 Å². The number of urea groups is 1. The monoisotopic (exact) mass is 260 g/mol. The van der Waals surface area contributed by atoms with Crippen molar-refractivity contribution in [3.63, 3.8) is 0 Å². The van der Waals surface area contributed by atoms with Crippen LogP contribution in [-0.4, -0.2) is 40.4 Å². The fourth-order valence-corrected chi connectivity index (χ4v) is 1.70. The van der Waals surface area contributed by atoms with Crippen LogP contribution in [0.4, 0.5) is 4.79 Å². The summed E-state index contributed by atoms with van der Waals surface area (Å²) in [6.07, 6.45) is 0.452. The molecule has 18 heavy (non-hydrogen) atoms. The van der Waals surface area contributed by atoms with Crippen molar-refractivity contribution in [3.8, 4) is 0 Å². The number of hydrogen-bond donors (Lipinski definition) is 4. The van der Waals surface area contributed by atoms with E-state index < -0.39 is 24.0 Å². The van der Waals surface area contributed by atoms with E-state index in [4.69, 9.17) is 5.11 Å². The highest BCUT2D eigenvalue weighted by molar-refractivity contribution is 5.74.